The van der Waals surface area contributed by atoms with Crippen molar-refractivity contribution in [2.75, 3.05) is 30.4 Å². The van der Waals surface area contributed by atoms with Gasteiger partial charge >= 0.3 is 18.3 Å². The SMILES string of the molecule is CC(C)(C)OC(=O)N1C[C@@H](NC(=O)c2ccc(Nc3nc(NC4(c5ccc(Cl)cc5)CC4)nc(OCC(F)(F)F)n3)cc2)C[C@@H]1CO. The fraction of sp³-hybridized carbons (Fsp3) is 0.452. The smallest absolute Gasteiger partial charge is 0.422 e. The number of hydrogen-bond donors (Lipinski definition) is 4. The zero-order valence-corrected chi connectivity index (χ0v) is 26.7. The van der Waals surface area contributed by atoms with E-state index in [-0.39, 0.29) is 25.0 Å². The second kappa shape index (κ2) is 13.4. The van der Waals surface area contributed by atoms with Crippen LogP contribution in [-0.4, -0.2) is 80.6 Å². The van der Waals surface area contributed by atoms with Crippen LogP contribution in [0, 0.1) is 0 Å². The Kier molecular flexibility index (Phi) is 9.68. The molecule has 2 atom stereocenters. The zero-order valence-electron chi connectivity index (χ0n) is 25.9. The summed E-state index contributed by atoms with van der Waals surface area (Å²) >= 11 is 6.02. The Morgan fingerprint density at radius 3 is 2.28 bits per heavy atom. The van der Waals surface area contributed by atoms with Gasteiger partial charge in [0.25, 0.3) is 5.91 Å². The van der Waals surface area contributed by atoms with E-state index in [1.165, 1.54) is 4.90 Å². The average Bonchev–Trinajstić information content (AvgIpc) is 3.65. The van der Waals surface area contributed by atoms with Gasteiger partial charge in [-0.1, -0.05) is 23.7 Å². The standard InChI is InChI=1S/C31H35ClF3N7O5/c1-29(2,3)47-28(45)42-15-22(14-23(42)16-43)36-24(44)18-4-10-21(11-5-18)37-25-38-26(40-27(39-25)46-17-31(33,34)35)41-30(12-13-30)19-6-8-20(32)9-7-19/h4-11,22-23,43H,12-17H2,1-3H3,(H,36,44)(H2,37,38,39,40,41)/t22-,23+/m0/s1. The third kappa shape index (κ3) is 9.13. The fourth-order valence-corrected chi connectivity index (χ4v) is 5.24. The topological polar surface area (TPSA) is 151 Å². The molecule has 0 spiro atoms. The van der Waals surface area contributed by atoms with Gasteiger partial charge in [-0.15, -0.1) is 0 Å². The van der Waals surface area contributed by atoms with Crippen molar-refractivity contribution in [1.29, 1.82) is 0 Å². The molecular weight excluding hydrogens is 643 g/mol. The number of alkyl halides is 3. The molecule has 1 aromatic heterocycles. The number of nitrogens with zero attached hydrogens (tertiary/aromatic N) is 4. The third-order valence-electron chi connectivity index (χ3n) is 7.47. The van der Waals surface area contributed by atoms with Crippen molar-refractivity contribution in [3.8, 4) is 6.01 Å². The molecule has 3 aromatic rings. The van der Waals surface area contributed by atoms with Gasteiger partial charge in [0.15, 0.2) is 6.61 Å². The molecular formula is C31H35ClF3N7O5. The fourth-order valence-electron chi connectivity index (χ4n) is 5.11. The van der Waals surface area contributed by atoms with Crippen molar-refractivity contribution in [3.63, 3.8) is 0 Å². The maximum Gasteiger partial charge on any atom is 0.422 e. The molecule has 1 saturated carbocycles. The van der Waals surface area contributed by atoms with Crippen LogP contribution in [0.5, 0.6) is 6.01 Å². The molecule has 1 saturated heterocycles. The lowest BCUT2D eigenvalue weighted by Gasteiger charge is -2.27. The van der Waals surface area contributed by atoms with E-state index in [0.29, 0.717) is 22.7 Å². The van der Waals surface area contributed by atoms with Gasteiger partial charge in [0.05, 0.1) is 18.2 Å². The summed E-state index contributed by atoms with van der Waals surface area (Å²) in [6.45, 7) is 3.56. The number of likely N-dealkylation sites (tertiary alicyclic amines) is 1. The molecule has 47 heavy (non-hydrogen) atoms. The van der Waals surface area contributed by atoms with Crippen LogP contribution in [0.15, 0.2) is 48.5 Å². The number of amides is 2. The van der Waals surface area contributed by atoms with E-state index >= 15 is 0 Å². The number of halogens is 4. The first kappa shape index (κ1) is 34.0. The molecule has 1 aliphatic heterocycles. The van der Waals surface area contributed by atoms with E-state index in [4.69, 9.17) is 21.1 Å². The van der Waals surface area contributed by atoms with Crippen LogP contribution >= 0.6 is 11.6 Å². The maximum atomic E-state index is 13.0. The number of aliphatic hydroxyl groups is 1. The van der Waals surface area contributed by atoms with E-state index in [1.807, 2.05) is 12.1 Å². The minimum absolute atomic E-state index is 0.0151. The zero-order chi connectivity index (χ0) is 34.0. The molecule has 1 aliphatic carbocycles. The van der Waals surface area contributed by atoms with Crippen molar-refractivity contribution < 1.29 is 37.3 Å². The summed E-state index contributed by atoms with van der Waals surface area (Å²) in [5.74, 6) is -0.455. The first-order valence-electron chi connectivity index (χ1n) is 14.9. The van der Waals surface area contributed by atoms with E-state index in [1.54, 1.807) is 57.2 Å². The molecule has 0 unspecified atom stereocenters. The molecule has 2 amide bonds. The average molecular weight is 678 g/mol. The first-order valence-corrected chi connectivity index (χ1v) is 15.3. The van der Waals surface area contributed by atoms with E-state index in [2.05, 4.69) is 30.9 Å². The summed E-state index contributed by atoms with van der Waals surface area (Å²) in [4.78, 5) is 39.4. The molecule has 12 nitrogen and oxygen atoms in total. The number of aliphatic hydroxyl groups excluding tert-OH is 1. The largest absolute Gasteiger partial charge is 0.454 e. The number of rotatable bonds is 10. The summed E-state index contributed by atoms with van der Waals surface area (Å²) < 4.78 is 49.0. The van der Waals surface area contributed by atoms with Gasteiger partial charge in [-0.05, 0) is 82.0 Å². The van der Waals surface area contributed by atoms with E-state index in [0.717, 1.165) is 18.4 Å². The van der Waals surface area contributed by atoms with Crippen molar-refractivity contribution in [2.45, 2.75) is 69.4 Å². The summed E-state index contributed by atoms with van der Waals surface area (Å²) in [6, 6.07) is 12.0. The number of carbonyl (C=O) groups excluding carboxylic acids is 2. The molecule has 2 aliphatic rings. The van der Waals surface area contributed by atoms with Gasteiger partial charge in [-0.25, -0.2) is 4.79 Å². The molecule has 4 N–H and O–H groups in total. The highest BCUT2D eigenvalue weighted by Gasteiger charge is 2.45. The van der Waals surface area contributed by atoms with Crippen molar-refractivity contribution in [2.24, 2.45) is 0 Å². The summed E-state index contributed by atoms with van der Waals surface area (Å²) in [7, 11) is 0. The Morgan fingerprint density at radius 2 is 1.68 bits per heavy atom. The highest BCUT2D eigenvalue weighted by molar-refractivity contribution is 6.30. The molecule has 2 heterocycles. The Morgan fingerprint density at radius 1 is 1.02 bits per heavy atom. The van der Waals surface area contributed by atoms with Crippen LogP contribution in [0.1, 0.15) is 56.0 Å². The quantitative estimate of drug-likeness (QED) is 0.219. The highest BCUT2D eigenvalue weighted by atomic mass is 35.5. The van der Waals surface area contributed by atoms with Crippen LogP contribution < -0.4 is 20.7 Å². The molecule has 5 rings (SSSR count). The molecule has 16 heteroatoms. The molecule has 2 fully saturated rings. The first-order chi connectivity index (χ1) is 22.1. The summed E-state index contributed by atoms with van der Waals surface area (Å²) in [5, 5.41) is 19.4. The predicted octanol–water partition coefficient (Wildman–Crippen LogP) is 5.41. The van der Waals surface area contributed by atoms with Crippen LogP contribution in [0.25, 0.3) is 0 Å². The van der Waals surface area contributed by atoms with E-state index < -0.39 is 54.0 Å². The summed E-state index contributed by atoms with van der Waals surface area (Å²) in [5.41, 5.74) is 0.460. The second-order valence-corrected chi connectivity index (χ2v) is 12.9. The second-order valence-electron chi connectivity index (χ2n) is 12.5. The number of hydrogen-bond acceptors (Lipinski definition) is 10. The van der Waals surface area contributed by atoms with Gasteiger partial charge in [-0.3, -0.25) is 4.79 Å². The number of nitrogens with one attached hydrogen (secondary N) is 3. The van der Waals surface area contributed by atoms with Gasteiger partial charge in [0.1, 0.15) is 5.60 Å². The van der Waals surface area contributed by atoms with Crippen molar-refractivity contribution in [3.05, 3.63) is 64.7 Å². The Balaban J connectivity index is 1.26. The Hall–Kier alpha value is -4.37. The Bertz CT molecular complexity index is 1580. The van der Waals surface area contributed by atoms with E-state index in [9.17, 15) is 27.9 Å². The monoisotopic (exact) mass is 677 g/mol. The van der Waals surface area contributed by atoms with Gasteiger partial charge < -0.3 is 35.4 Å². The molecule has 2 aromatic carbocycles. The van der Waals surface area contributed by atoms with Crippen molar-refractivity contribution in [1.82, 2.24) is 25.2 Å². The van der Waals surface area contributed by atoms with Crippen LogP contribution in [0.4, 0.5) is 35.5 Å². The number of anilines is 3. The summed E-state index contributed by atoms with van der Waals surface area (Å²) in [6.07, 6.45) is -3.33. The Labute approximate surface area is 274 Å². The molecule has 0 radical (unpaired) electrons. The third-order valence-corrected chi connectivity index (χ3v) is 7.72. The van der Waals surface area contributed by atoms with Crippen LogP contribution in [-0.2, 0) is 10.3 Å². The van der Waals surface area contributed by atoms with Gasteiger partial charge in [0.2, 0.25) is 11.9 Å². The predicted molar refractivity (Wildman–Crippen MR) is 167 cm³/mol. The van der Waals surface area contributed by atoms with Gasteiger partial charge in [-0.2, -0.15) is 28.1 Å². The normalized spacial score (nSPS) is 18.8. The van der Waals surface area contributed by atoms with Crippen molar-refractivity contribution >= 4 is 41.2 Å². The number of benzene rings is 2. The molecule has 0 bridgehead atoms. The number of carbonyl (C=O) groups is 2. The maximum absolute atomic E-state index is 13.0. The highest BCUT2D eigenvalue weighted by Crippen LogP contribution is 2.48. The number of aromatic nitrogens is 3. The minimum Gasteiger partial charge on any atom is -0.454 e. The number of ether oxygens (including phenoxy) is 2. The van der Waals surface area contributed by atoms with Crippen LogP contribution in [0.2, 0.25) is 5.02 Å². The molecule has 252 valence electrons. The lowest BCUT2D eigenvalue weighted by Crippen LogP contribution is -2.42. The minimum atomic E-state index is -4.60. The van der Waals surface area contributed by atoms with Crippen LogP contribution in [0.3, 0.4) is 0 Å². The lowest BCUT2D eigenvalue weighted by atomic mass is 10.1. The van der Waals surface area contributed by atoms with Gasteiger partial charge in [0, 0.05) is 28.9 Å². The lowest BCUT2D eigenvalue weighted by molar-refractivity contribution is -0.154.